The van der Waals surface area contributed by atoms with Crippen LogP contribution in [0.25, 0.3) is 0 Å². The van der Waals surface area contributed by atoms with Crippen molar-refractivity contribution in [2.75, 3.05) is 13.2 Å². The molecule has 0 spiro atoms. The van der Waals surface area contributed by atoms with Crippen molar-refractivity contribution in [2.24, 2.45) is 0 Å². The Morgan fingerprint density at radius 2 is 1.85 bits per heavy atom. The van der Waals surface area contributed by atoms with Gasteiger partial charge in [-0.1, -0.05) is 26.7 Å². The quantitative estimate of drug-likeness (QED) is 0.494. The standard InChI is InChI=1S/2C9H15NO3/c1-2-3-6-13-9(12)7-4-5-8(11)10-7;1-2-3-6-10-7(9(12)13)4-5-8(10)11/h7H,2-6H2,1H3,(H,10,11);7H,2-6H2,1H3,(H,12,13)/t2*7-/m00/s1. The minimum Gasteiger partial charge on any atom is -0.480 e. The number of esters is 1. The molecule has 0 unspecified atom stereocenters. The number of aliphatic carboxylic acids is 1. The molecule has 2 saturated heterocycles. The van der Waals surface area contributed by atoms with Gasteiger partial charge >= 0.3 is 11.9 Å². The molecule has 0 aromatic carbocycles. The highest BCUT2D eigenvalue weighted by Gasteiger charge is 2.35. The Labute approximate surface area is 154 Å². The van der Waals surface area contributed by atoms with Crippen molar-refractivity contribution in [3.05, 3.63) is 0 Å². The number of carboxylic acids is 1. The van der Waals surface area contributed by atoms with Crippen LogP contribution in [0, 0.1) is 0 Å². The van der Waals surface area contributed by atoms with Gasteiger partial charge in [0.25, 0.3) is 0 Å². The van der Waals surface area contributed by atoms with E-state index in [1.54, 1.807) is 0 Å². The summed E-state index contributed by atoms with van der Waals surface area (Å²) in [7, 11) is 0. The van der Waals surface area contributed by atoms with E-state index in [9.17, 15) is 19.2 Å². The largest absolute Gasteiger partial charge is 0.480 e. The number of hydrogen-bond donors (Lipinski definition) is 2. The lowest BCUT2D eigenvalue weighted by atomic mass is 10.2. The molecule has 2 heterocycles. The van der Waals surface area contributed by atoms with E-state index < -0.39 is 18.1 Å². The molecule has 0 saturated carbocycles. The summed E-state index contributed by atoms with van der Waals surface area (Å²) in [5.74, 6) is -1.24. The Balaban J connectivity index is 0.000000260. The maximum absolute atomic E-state index is 11.3. The van der Waals surface area contributed by atoms with Crippen LogP contribution in [0.5, 0.6) is 0 Å². The third kappa shape index (κ3) is 7.01. The zero-order chi connectivity index (χ0) is 19.5. The number of hydrogen-bond acceptors (Lipinski definition) is 5. The van der Waals surface area contributed by atoms with Crippen LogP contribution in [-0.2, 0) is 23.9 Å². The Hall–Kier alpha value is -2.12. The summed E-state index contributed by atoms with van der Waals surface area (Å²) in [5, 5.41) is 11.4. The van der Waals surface area contributed by atoms with Gasteiger partial charge < -0.3 is 20.1 Å². The molecule has 2 aliphatic rings. The summed E-state index contributed by atoms with van der Waals surface area (Å²) in [4.78, 5) is 45.5. The number of amides is 2. The Kier molecular flexibility index (Phi) is 9.69. The number of carbonyl (C=O) groups excluding carboxylic acids is 3. The molecule has 0 aromatic heterocycles. The SMILES string of the molecule is CCCCN1C(=O)CC[C@H]1C(=O)O.CCCCOC(=O)[C@@H]1CCC(=O)N1. The van der Waals surface area contributed by atoms with Crippen LogP contribution < -0.4 is 5.32 Å². The number of carbonyl (C=O) groups is 4. The first kappa shape index (κ1) is 21.9. The van der Waals surface area contributed by atoms with Crippen LogP contribution in [0.3, 0.4) is 0 Å². The van der Waals surface area contributed by atoms with Crippen LogP contribution in [0.4, 0.5) is 0 Å². The van der Waals surface area contributed by atoms with Crippen molar-refractivity contribution >= 4 is 23.8 Å². The van der Waals surface area contributed by atoms with Gasteiger partial charge in [-0.3, -0.25) is 9.59 Å². The Morgan fingerprint density at radius 1 is 1.15 bits per heavy atom. The molecule has 0 bridgehead atoms. The minimum absolute atomic E-state index is 0.0131. The van der Waals surface area contributed by atoms with Crippen LogP contribution in [0.15, 0.2) is 0 Å². The fraction of sp³-hybridized carbons (Fsp3) is 0.778. The molecular weight excluding hydrogens is 340 g/mol. The zero-order valence-corrected chi connectivity index (χ0v) is 15.7. The second kappa shape index (κ2) is 11.5. The van der Waals surface area contributed by atoms with E-state index in [-0.39, 0.29) is 17.8 Å². The minimum atomic E-state index is -0.873. The molecule has 0 aromatic rings. The lowest BCUT2D eigenvalue weighted by Crippen LogP contribution is -2.39. The molecule has 2 aliphatic heterocycles. The highest BCUT2D eigenvalue weighted by molar-refractivity contribution is 5.88. The van der Waals surface area contributed by atoms with Crippen molar-refractivity contribution in [1.82, 2.24) is 10.2 Å². The molecule has 26 heavy (non-hydrogen) atoms. The molecule has 2 atom stereocenters. The molecule has 2 N–H and O–H groups in total. The molecule has 0 radical (unpaired) electrons. The van der Waals surface area contributed by atoms with Crippen molar-refractivity contribution in [1.29, 1.82) is 0 Å². The molecule has 2 amide bonds. The third-order valence-electron chi connectivity index (χ3n) is 4.39. The Morgan fingerprint density at radius 3 is 2.38 bits per heavy atom. The van der Waals surface area contributed by atoms with Crippen molar-refractivity contribution in [3.63, 3.8) is 0 Å². The number of nitrogens with zero attached hydrogens (tertiary/aromatic N) is 1. The number of nitrogens with one attached hydrogen (secondary N) is 1. The van der Waals surface area contributed by atoms with Gasteiger partial charge in [-0.25, -0.2) is 9.59 Å². The highest BCUT2D eigenvalue weighted by Crippen LogP contribution is 2.19. The molecule has 8 nitrogen and oxygen atoms in total. The first-order chi connectivity index (χ1) is 12.4. The number of rotatable bonds is 8. The molecule has 8 heteroatoms. The van der Waals surface area contributed by atoms with E-state index in [2.05, 4.69) is 5.32 Å². The first-order valence-electron chi connectivity index (χ1n) is 9.38. The van der Waals surface area contributed by atoms with Crippen LogP contribution in [0.1, 0.15) is 65.2 Å². The van der Waals surface area contributed by atoms with Crippen LogP contribution in [0.2, 0.25) is 0 Å². The lowest BCUT2D eigenvalue weighted by Gasteiger charge is -2.20. The van der Waals surface area contributed by atoms with E-state index >= 15 is 0 Å². The maximum atomic E-state index is 11.3. The zero-order valence-electron chi connectivity index (χ0n) is 15.7. The molecule has 2 rings (SSSR count). The maximum Gasteiger partial charge on any atom is 0.328 e. The van der Waals surface area contributed by atoms with E-state index in [0.29, 0.717) is 38.8 Å². The van der Waals surface area contributed by atoms with Gasteiger partial charge in [0.1, 0.15) is 12.1 Å². The molecular formula is C18H30N2O6. The van der Waals surface area contributed by atoms with Crippen LogP contribution in [-0.4, -0.2) is 59.0 Å². The van der Waals surface area contributed by atoms with E-state index in [0.717, 1.165) is 25.7 Å². The van der Waals surface area contributed by atoms with Gasteiger partial charge in [0.2, 0.25) is 11.8 Å². The summed E-state index contributed by atoms with van der Waals surface area (Å²) in [6.45, 7) is 5.11. The van der Waals surface area contributed by atoms with Gasteiger partial charge in [0, 0.05) is 19.4 Å². The predicted molar refractivity (Wildman–Crippen MR) is 94.3 cm³/mol. The van der Waals surface area contributed by atoms with Crippen molar-refractivity contribution < 1.29 is 29.0 Å². The van der Waals surface area contributed by atoms with Gasteiger partial charge in [-0.15, -0.1) is 0 Å². The smallest absolute Gasteiger partial charge is 0.328 e. The van der Waals surface area contributed by atoms with E-state index in [1.165, 1.54) is 4.90 Å². The van der Waals surface area contributed by atoms with Gasteiger partial charge in [-0.05, 0) is 25.7 Å². The lowest BCUT2D eigenvalue weighted by molar-refractivity contribution is -0.146. The number of carboxylic acid groups (broad SMARTS) is 1. The first-order valence-corrected chi connectivity index (χ1v) is 9.38. The predicted octanol–water partition coefficient (Wildman–Crippen LogP) is 1.47. The summed E-state index contributed by atoms with van der Waals surface area (Å²) in [6.07, 6.45) is 5.62. The Bertz CT molecular complexity index is 508. The second-order valence-corrected chi connectivity index (χ2v) is 6.51. The van der Waals surface area contributed by atoms with Gasteiger partial charge in [-0.2, -0.15) is 0 Å². The van der Waals surface area contributed by atoms with E-state index in [4.69, 9.17) is 9.84 Å². The van der Waals surface area contributed by atoms with Gasteiger partial charge in [0.05, 0.1) is 6.61 Å². The number of likely N-dealkylation sites (tertiary alicyclic amines) is 1. The van der Waals surface area contributed by atoms with Crippen LogP contribution >= 0.6 is 0 Å². The number of unbranched alkanes of at least 4 members (excludes halogenated alkanes) is 2. The second-order valence-electron chi connectivity index (χ2n) is 6.51. The average Bonchev–Trinajstić information content (AvgIpc) is 3.19. The summed E-state index contributed by atoms with van der Waals surface area (Å²) < 4.78 is 4.96. The van der Waals surface area contributed by atoms with Crippen molar-refractivity contribution in [3.8, 4) is 0 Å². The summed E-state index contributed by atoms with van der Waals surface area (Å²) in [5.41, 5.74) is 0. The summed E-state index contributed by atoms with van der Waals surface area (Å²) in [6, 6.07) is -0.969. The molecule has 148 valence electrons. The topological polar surface area (TPSA) is 113 Å². The monoisotopic (exact) mass is 370 g/mol. The average molecular weight is 370 g/mol. The fourth-order valence-electron chi connectivity index (χ4n) is 2.81. The number of ether oxygens (including phenoxy) is 1. The molecule has 0 aliphatic carbocycles. The molecule has 2 fully saturated rings. The van der Waals surface area contributed by atoms with Gasteiger partial charge in [0.15, 0.2) is 0 Å². The third-order valence-corrected chi connectivity index (χ3v) is 4.39. The highest BCUT2D eigenvalue weighted by atomic mass is 16.5. The fourth-order valence-corrected chi connectivity index (χ4v) is 2.81. The summed E-state index contributed by atoms with van der Waals surface area (Å²) >= 11 is 0. The van der Waals surface area contributed by atoms with Crippen molar-refractivity contribution in [2.45, 2.75) is 77.3 Å². The normalized spacial score (nSPS) is 21.8. The van der Waals surface area contributed by atoms with E-state index in [1.807, 2.05) is 13.8 Å².